The number of benzene rings is 1. The van der Waals surface area contributed by atoms with Gasteiger partial charge in [0, 0.05) is 6.04 Å². The predicted octanol–water partition coefficient (Wildman–Crippen LogP) is 3.02. The SMILES string of the molecule is Cc1nn(C(C)C)c(C)c1NS(=O)(=O)c1ccc(F)cc1. The van der Waals surface area contributed by atoms with Crippen LogP contribution in [0.3, 0.4) is 0 Å². The van der Waals surface area contributed by atoms with Crippen LogP contribution in [0.15, 0.2) is 29.2 Å². The maximum atomic E-state index is 12.9. The van der Waals surface area contributed by atoms with Crippen LogP contribution in [-0.2, 0) is 10.0 Å². The lowest BCUT2D eigenvalue weighted by Gasteiger charge is -2.10. The van der Waals surface area contributed by atoms with E-state index in [-0.39, 0.29) is 10.9 Å². The number of anilines is 1. The Morgan fingerprint density at radius 3 is 2.24 bits per heavy atom. The van der Waals surface area contributed by atoms with Crippen LogP contribution in [0.2, 0.25) is 0 Å². The second kappa shape index (κ2) is 5.48. The number of nitrogens with zero attached hydrogens (tertiary/aromatic N) is 2. The molecule has 1 heterocycles. The third-order valence-corrected chi connectivity index (χ3v) is 4.54. The number of hydrogen-bond donors (Lipinski definition) is 1. The molecule has 0 fully saturated rings. The summed E-state index contributed by atoms with van der Waals surface area (Å²) in [6.45, 7) is 7.49. The highest BCUT2D eigenvalue weighted by molar-refractivity contribution is 7.92. The van der Waals surface area contributed by atoms with Crippen LogP contribution in [0.4, 0.5) is 10.1 Å². The van der Waals surface area contributed by atoms with Gasteiger partial charge in [0.2, 0.25) is 0 Å². The van der Waals surface area contributed by atoms with E-state index >= 15 is 0 Å². The molecule has 1 aromatic heterocycles. The van der Waals surface area contributed by atoms with Crippen LogP contribution in [0.5, 0.6) is 0 Å². The molecule has 5 nitrogen and oxygen atoms in total. The van der Waals surface area contributed by atoms with E-state index < -0.39 is 15.8 Å². The molecule has 2 aromatic rings. The van der Waals surface area contributed by atoms with Gasteiger partial charge in [0.25, 0.3) is 10.0 Å². The number of aromatic nitrogens is 2. The van der Waals surface area contributed by atoms with Gasteiger partial charge in [-0.25, -0.2) is 12.8 Å². The van der Waals surface area contributed by atoms with Gasteiger partial charge in [0.05, 0.1) is 22.0 Å². The third kappa shape index (κ3) is 3.07. The molecule has 0 amide bonds. The van der Waals surface area contributed by atoms with Crippen LogP contribution in [0.1, 0.15) is 31.3 Å². The van der Waals surface area contributed by atoms with Gasteiger partial charge < -0.3 is 0 Å². The van der Waals surface area contributed by atoms with Crippen LogP contribution >= 0.6 is 0 Å². The van der Waals surface area contributed by atoms with Crippen molar-refractivity contribution in [3.05, 3.63) is 41.5 Å². The Morgan fingerprint density at radius 2 is 1.76 bits per heavy atom. The Labute approximate surface area is 123 Å². The molecule has 0 aliphatic carbocycles. The van der Waals surface area contributed by atoms with E-state index in [4.69, 9.17) is 0 Å². The highest BCUT2D eigenvalue weighted by atomic mass is 32.2. The van der Waals surface area contributed by atoms with E-state index in [1.54, 1.807) is 11.6 Å². The van der Waals surface area contributed by atoms with Gasteiger partial charge in [0.1, 0.15) is 5.82 Å². The lowest BCUT2D eigenvalue weighted by molar-refractivity contribution is 0.516. The van der Waals surface area contributed by atoms with Gasteiger partial charge in [-0.1, -0.05) is 0 Å². The fourth-order valence-electron chi connectivity index (χ4n) is 2.12. The van der Waals surface area contributed by atoms with Crippen molar-refractivity contribution < 1.29 is 12.8 Å². The summed E-state index contributed by atoms with van der Waals surface area (Å²) in [4.78, 5) is 0.0139. The molecule has 0 atom stereocenters. The summed E-state index contributed by atoms with van der Waals surface area (Å²) >= 11 is 0. The normalized spacial score (nSPS) is 11.9. The Morgan fingerprint density at radius 1 is 1.19 bits per heavy atom. The lowest BCUT2D eigenvalue weighted by atomic mass is 10.3. The van der Waals surface area contributed by atoms with Crippen LogP contribution in [0, 0.1) is 19.7 Å². The van der Waals surface area contributed by atoms with Crippen molar-refractivity contribution >= 4 is 15.7 Å². The quantitative estimate of drug-likeness (QED) is 0.944. The van der Waals surface area contributed by atoms with Crippen molar-refractivity contribution in [2.75, 3.05) is 4.72 Å². The Bertz CT molecular complexity index is 749. The first kappa shape index (κ1) is 15.5. The average Bonchev–Trinajstić information content (AvgIpc) is 2.67. The van der Waals surface area contributed by atoms with E-state index in [2.05, 4.69) is 9.82 Å². The largest absolute Gasteiger partial charge is 0.276 e. The Hall–Kier alpha value is -1.89. The van der Waals surface area contributed by atoms with Gasteiger partial charge in [0.15, 0.2) is 0 Å². The van der Waals surface area contributed by atoms with Crippen molar-refractivity contribution in [1.82, 2.24) is 9.78 Å². The summed E-state index contributed by atoms with van der Waals surface area (Å²) in [6, 6.07) is 4.83. The smallest absolute Gasteiger partial charge is 0.262 e. The first-order valence-corrected chi connectivity index (χ1v) is 8.05. The molecule has 0 saturated carbocycles. The summed E-state index contributed by atoms with van der Waals surface area (Å²) in [5.41, 5.74) is 1.81. The van der Waals surface area contributed by atoms with E-state index in [0.29, 0.717) is 11.4 Å². The van der Waals surface area contributed by atoms with E-state index in [0.717, 1.165) is 17.8 Å². The van der Waals surface area contributed by atoms with Gasteiger partial charge in [-0.05, 0) is 52.0 Å². The number of rotatable bonds is 4. The highest BCUT2D eigenvalue weighted by Crippen LogP contribution is 2.25. The molecule has 114 valence electrons. The zero-order valence-corrected chi connectivity index (χ0v) is 13.2. The maximum absolute atomic E-state index is 12.9. The molecule has 0 radical (unpaired) electrons. The fourth-order valence-corrected chi connectivity index (χ4v) is 3.30. The zero-order chi connectivity index (χ0) is 15.8. The molecule has 0 unspecified atom stereocenters. The molecule has 2 rings (SSSR count). The molecule has 0 saturated heterocycles. The van der Waals surface area contributed by atoms with Crippen molar-refractivity contribution in [2.45, 2.75) is 38.6 Å². The van der Waals surface area contributed by atoms with E-state index in [1.165, 1.54) is 12.1 Å². The van der Waals surface area contributed by atoms with Crippen molar-refractivity contribution in [2.24, 2.45) is 0 Å². The monoisotopic (exact) mass is 311 g/mol. The molecule has 1 N–H and O–H groups in total. The lowest BCUT2D eigenvalue weighted by Crippen LogP contribution is -2.14. The van der Waals surface area contributed by atoms with Gasteiger partial charge in [-0.15, -0.1) is 0 Å². The van der Waals surface area contributed by atoms with Gasteiger partial charge in [-0.3, -0.25) is 9.40 Å². The first-order chi connectivity index (χ1) is 9.72. The minimum Gasteiger partial charge on any atom is -0.276 e. The van der Waals surface area contributed by atoms with E-state index in [1.807, 2.05) is 20.8 Å². The van der Waals surface area contributed by atoms with Gasteiger partial charge >= 0.3 is 0 Å². The van der Waals surface area contributed by atoms with Crippen LogP contribution in [0.25, 0.3) is 0 Å². The van der Waals surface area contributed by atoms with Crippen LogP contribution in [-0.4, -0.2) is 18.2 Å². The summed E-state index contributed by atoms with van der Waals surface area (Å²) in [5, 5.41) is 4.33. The minimum absolute atomic E-state index is 0.0139. The average molecular weight is 311 g/mol. The Kier molecular flexibility index (Phi) is 4.04. The molecule has 0 aliphatic heterocycles. The molecule has 1 aromatic carbocycles. The molecule has 21 heavy (non-hydrogen) atoms. The minimum atomic E-state index is -3.76. The topological polar surface area (TPSA) is 64.0 Å². The summed E-state index contributed by atoms with van der Waals surface area (Å²) < 4.78 is 41.8. The number of sulfonamides is 1. The van der Waals surface area contributed by atoms with Crippen molar-refractivity contribution in [1.29, 1.82) is 0 Å². The second-order valence-corrected chi connectivity index (χ2v) is 6.83. The number of halogens is 1. The fraction of sp³-hybridized carbons (Fsp3) is 0.357. The molecular formula is C14H18FN3O2S. The summed E-state index contributed by atoms with van der Waals surface area (Å²) in [7, 11) is -3.76. The Balaban J connectivity index is 2.39. The predicted molar refractivity (Wildman–Crippen MR) is 79.3 cm³/mol. The maximum Gasteiger partial charge on any atom is 0.262 e. The summed E-state index contributed by atoms with van der Waals surface area (Å²) in [5.74, 6) is -0.478. The zero-order valence-electron chi connectivity index (χ0n) is 12.4. The molecule has 0 bridgehead atoms. The standard InChI is InChI=1S/C14H18FN3O2S/c1-9(2)18-11(4)14(10(3)16-18)17-21(19,20)13-7-5-12(15)6-8-13/h5-9,17H,1-4H3. The second-order valence-electron chi connectivity index (χ2n) is 5.14. The van der Waals surface area contributed by atoms with Crippen molar-refractivity contribution in [3.8, 4) is 0 Å². The van der Waals surface area contributed by atoms with Crippen molar-refractivity contribution in [3.63, 3.8) is 0 Å². The number of nitrogens with one attached hydrogen (secondary N) is 1. The molecule has 7 heteroatoms. The third-order valence-electron chi connectivity index (χ3n) is 3.17. The number of hydrogen-bond acceptors (Lipinski definition) is 3. The van der Waals surface area contributed by atoms with E-state index in [9.17, 15) is 12.8 Å². The summed E-state index contributed by atoms with van der Waals surface area (Å²) in [6.07, 6.45) is 0. The molecule has 0 aliphatic rings. The number of aryl methyl sites for hydroxylation is 1. The van der Waals surface area contributed by atoms with Gasteiger partial charge in [-0.2, -0.15) is 5.10 Å². The first-order valence-electron chi connectivity index (χ1n) is 6.56. The molecule has 0 spiro atoms. The van der Waals surface area contributed by atoms with Crippen LogP contribution < -0.4 is 4.72 Å². The highest BCUT2D eigenvalue weighted by Gasteiger charge is 2.20. The molecular weight excluding hydrogens is 293 g/mol.